The van der Waals surface area contributed by atoms with E-state index in [0.717, 1.165) is 36.3 Å². The van der Waals surface area contributed by atoms with Crippen LogP contribution in [0.3, 0.4) is 0 Å². The summed E-state index contributed by atoms with van der Waals surface area (Å²) in [6.07, 6.45) is 1.99. The van der Waals surface area contributed by atoms with Crippen molar-refractivity contribution in [2.24, 2.45) is 0 Å². The quantitative estimate of drug-likeness (QED) is 0.486. The van der Waals surface area contributed by atoms with Crippen molar-refractivity contribution in [2.45, 2.75) is 25.5 Å². The monoisotopic (exact) mass is 431 g/mol. The van der Waals surface area contributed by atoms with E-state index in [-0.39, 0.29) is 12.0 Å². The van der Waals surface area contributed by atoms with Crippen molar-refractivity contribution in [1.82, 2.24) is 19.9 Å². The minimum atomic E-state index is -0.272. The molecule has 4 aromatic rings. The summed E-state index contributed by atoms with van der Waals surface area (Å²) in [7, 11) is 1.63. The van der Waals surface area contributed by atoms with Crippen LogP contribution in [0.5, 0.6) is 5.75 Å². The summed E-state index contributed by atoms with van der Waals surface area (Å²) in [6.45, 7) is 1.58. The number of carbonyl (C=O) groups excluding carboxylic acids is 1. The highest BCUT2D eigenvalue weighted by Gasteiger charge is 2.25. The second kappa shape index (κ2) is 8.47. The van der Waals surface area contributed by atoms with E-state index in [2.05, 4.69) is 5.32 Å². The van der Waals surface area contributed by atoms with E-state index in [0.29, 0.717) is 41.2 Å². The van der Waals surface area contributed by atoms with E-state index in [1.54, 1.807) is 7.11 Å². The second-order valence-corrected chi connectivity index (χ2v) is 7.89. The molecule has 0 aliphatic carbocycles. The molecule has 2 aromatic heterocycles. The van der Waals surface area contributed by atoms with Crippen LogP contribution in [0.4, 0.5) is 5.82 Å². The van der Waals surface area contributed by atoms with E-state index in [1.807, 2.05) is 53.1 Å². The highest BCUT2D eigenvalue weighted by Crippen LogP contribution is 2.30. The number of nitrogens with one attached hydrogen (secondary N) is 1. The lowest BCUT2D eigenvalue weighted by molar-refractivity contribution is 0.0859. The first-order chi connectivity index (χ1) is 15.7. The predicted octanol–water partition coefficient (Wildman–Crippen LogP) is 3.13. The lowest BCUT2D eigenvalue weighted by Crippen LogP contribution is -2.32. The van der Waals surface area contributed by atoms with Gasteiger partial charge in [-0.15, -0.1) is 0 Å². The van der Waals surface area contributed by atoms with Crippen molar-refractivity contribution in [3.63, 3.8) is 0 Å². The minimum Gasteiger partial charge on any atom is -0.496 e. The van der Waals surface area contributed by atoms with Gasteiger partial charge in [0.15, 0.2) is 5.65 Å². The van der Waals surface area contributed by atoms with Crippen LogP contribution in [0.25, 0.3) is 22.2 Å². The van der Waals surface area contributed by atoms with E-state index in [4.69, 9.17) is 25.2 Å². The van der Waals surface area contributed by atoms with Crippen LogP contribution in [0, 0.1) is 0 Å². The van der Waals surface area contributed by atoms with Crippen LogP contribution in [-0.4, -0.2) is 46.8 Å². The summed E-state index contributed by atoms with van der Waals surface area (Å²) in [5.41, 5.74) is 10.3. The lowest BCUT2D eigenvalue weighted by atomic mass is 10.2. The van der Waals surface area contributed by atoms with E-state index in [9.17, 15) is 4.79 Å². The van der Waals surface area contributed by atoms with E-state index >= 15 is 0 Å². The van der Waals surface area contributed by atoms with Gasteiger partial charge < -0.3 is 25.1 Å². The topological polar surface area (TPSA) is 104 Å². The highest BCUT2D eigenvalue weighted by atomic mass is 16.5. The highest BCUT2D eigenvalue weighted by molar-refractivity contribution is 6.10. The zero-order valence-electron chi connectivity index (χ0n) is 17.9. The largest absolute Gasteiger partial charge is 0.496 e. The van der Waals surface area contributed by atoms with Gasteiger partial charge in [-0.05, 0) is 31.0 Å². The Hall–Kier alpha value is -3.65. The summed E-state index contributed by atoms with van der Waals surface area (Å²) >= 11 is 0. The Morgan fingerprint density at radius 2 is 1.94 bits per heavy atom. The summed E-state index contributed by atoms with van der Waals surface area (Å²) in [5.74, 6) is 0.796. The van der Waals surface area contributed by atoms with Gasteiger partial charge in [-0.25, -0.2) is 9.97 Å². The smallest absolute Gasteiger partial charge is 0.257 e. The molecule has 1 amide bonds. The summed E-state index contributed by atoms with van der Waals surface area (Å²) in [6, 6.07) is 15.3. The molecular weight excluding hydrogens is 406 g/mol. The zero-order valence-corrected chi connectivity index (χ0v) is 17.9. The Labute approximate surface area is 185 Å². The standard InChI is InChI=1S/C24H25N5O3/c1-31-19-11-5-2-7-15(19)14-29-22(25)20(24(30)26-13-16-8-6-12-32-16)21-23(29)28-18-10-4-3-9-17(18)27-21/h2-5,7,9-11,16H,6,8,12-14,25H2,1H3,(H,26,30)/t16-/m1/s1. The molecule has 1 aliphatic rings. The Balaban J connectivity index is 1.61. The SMILES string of the molecule is COc1ccccc1Cn1c(N)c(C(=O)NC[C@H]2CCCO2)c2nc3ccccc3nc21. The van der Waals surface area contributed by atoms with Crippen molar-refractivity contribution >= 4 is 33.9 Å². The molecule has 0 spiro atoms. The van der Waals surface area contributed by atoms with E-state index < -0.39 is 0 Å². The first-order valence-corrected chi connectivity index (χ1v) is 10.7. The average Bonchev–Trinajstić information content (AvgIpc) is 3.43. The molecule has 1 atom stereocenters. The number of fused-ring (bicyclic) bond motifs is 2. The van der Waals surface area contributed by atoms with Crippen molar-refractivity contribution < 1.29 is 14.3 Å². The molecule has 1 aliphatic heterocycles. The number of hydrogen-bond acceptors (Lipinski definition) is 6. The normalized spacial score (nSPS) is 16.0. The van der Waals surface area contributed by atoms with Gasteiger partial charge in [0, 0.05) is 18.7 Å². The number of carbonyl (C=O) groups is 1. The third-order valence-electron chi connectivity index (χ3n) is 5.85. The van der Waals surface area contributed by atoms with Gasteiger partial charge in [0.2, 0.25) is 0 Å². The molecule has 0 radical (unpaired) electrons. The van der Waals surface area contributed by atoms with Gasteiger partial charge in [-0.1, -0.05) is 30.3 Å². The lowest BCUT2D eigenvalue weighted by Gasteiger charge is -2.12. The number of nitrogen functional groups attached to an aromatic ring is 1. The summed E-state index contributed by atoms with van der Waals surface area (Å²) in [5, 5.41) is 2.97. The molecule has 5 rings (SSSR count). The number of rotatable bonds is 6. The minimum absolute atomic E-state index is 0.0361. The fraction of sp³-hybridized carbons (Fsp3) is 0.292. The maximum absolute atomic E-state index is 13.2. The fourth-order valence-electron chi connectivity index (χ4n) is 4.21. The Morgan fingerprint density at radius 1 is 1.19 bits per heavy atom. The molecule has 164 valence electrons. The number of methoxy groups -OCH3 is 1. The molecule has 1 fully saturated rings. The van der Waals surface area contributed by atoms with Gasteiger partial charge in [0.1, 0.15) is 22.6 Å². The first kappa shape index (κ1) is 20.3. The van der Waals surface area contributed by atoms with Crippen LogP contribution in [0.15, 0.2) is 48.5 Å². The molecule has 8 heteroatoms. The Bertz CT molecular complexity index is 1290. The molecular formula is C24H25N5O3. The zero-order chi connectivity index (χ0) is 22.1. The number of amides is 1. The molecule has 32 heavy (non-hydrogen) atoms. The molecule has 0 saturated carbocycles. The van der Waals surface area contributed by atoms with Crippen LogP contribution < -0.4 is 15.8 Å². The van der Waals surface area contributed by atoms with Crippen LogP contribution in [0.1, 0.15) is 28.8 Å². The van der Waals surface area contributed by atoms with Gasteiger partial charge in [0.25, 0.3) is 5.91 Å². The molecule has 0 bridgehead atoms. The van der Waals surface area contributed by atoms with Crippen molar-refractivity contribution in [2.75, 3.05) is 26.0 Å². The average molecular weight is 431 g/mol. The number of aromatic nitrogens is 3. The van der Waals surface area contributed by atoms with Gasteiger partial charge in [0.05, 0.1) is 30.8 Å². The van der Waals surface area contributed by atoms with Crippen molar-refractivity contribution in [3.05, 3.63) is 59.7 Å². The number of para-hydroxylation sites is 3. The number of benzene rings is 2. The van der Waals surface area contributed by atoms with Crippen LogP contribution in [0.2, 0.25) is 0 Å². The number of anilines is 1. The maximum Gasteiger partial charge on any atom is 0.257 e. The Kier molecular flexibility index (Phi) is 5.36. The summed E-state index contributed by atoms with van der Waals surface area (Å²) < 4.78 is 13.0. The maximum atomic E-state index is 13.2. The third-order valence-corrected chi connectivity index (χ3v) is 5.85. The van der Waals surface area contributed by atoms with Crippen molar-refractivity contribution in [1.29, 1.82) is 0 Å². The van der Waals surface area contributed by atoms with Crippen LogP contribution in [-0.2, 0) is 11.3 Å². The number of nitrogens with zero attached hydrogens (tertiary/aromatic N) is 3. The molecule has 1 saturated heterocycles. The number of nitrogens with two attached hydrogens (primary N) is 1. The molecule has 0 unspecified atom stereocenters. The van der Waals surface area contributed by atoms with Gasteiger partial charge in [-0.3, -0.25) is 4.79 Å². The molecule has 3 N–H and O–H groups in total. The fourth-order valence-corrected chi connectivity index (χ4v) is 4.21. The van der Waals surface area contributed by atoms with Crippen molar-refractivity contribution in [3.8, 4) is 5.75 Å². The van der Waals surface area contributed by atoms with Gasteiger partial charge in [-0.2, -0.15) is 0 Å². The number of hydrogen-bond donors (Lipinski definition) is 2. The molecule has 3 heterocycles. The van der Waals surface area contributed by atoms with Gasteiger partial charge >= 0.3 is 0 Å². The van der Waals surface area contributed by atoms with Crippen LogP contribution >= 0.6 is 0 Å². The number of ether oxygens (including phenoxy) is 2. The third kappa shape index (κ3) is 3.62. The summed E-state index contributed by atoms with van der Waals surface area (Å²) in [4.78, 5) is 22.8. The molecule has 2 aromatic carbocycles. The second-order valence-electron chi connectivity index (χ2n) is 7.89. The first-order valence-electron chi connectivity index (χ1n) is 10.7. The predicted molar refractivity (Wildman–Crippen MR) is 123 cm³/mol. The van der Waals surface area contributed by atoms with E-state index in [1.165, 1.54) is 0 Å². The Morgan fingerprint density at radius 3 is 2.69 bits per heavy atom. The molecule has 8 nitrogen and oxygen atoms in total.